The second-order valence-corrected chi connectivity index (χ2v) is 14.2. The molecule has 0 saturated carbocycles. The molecule has 1 heterocycles. The van der Waals surface area contributed by atoms with Crippen LogP contribution in [0.5, 0.6) is 0 Å². The van der Waals surface area contributed by atoms with Crippen LogP contribution in [0.4, 0.5) is 0 Å². The zero-order valence-corrected chi connectivity index (χ0v) is 19.7. The molecule has 1 saturated heterocycles. The summed E-state index contributed by atoms with van der Waals surface area (Å²) in [4.78, 5) is 38.8. The predicted molar refractivity (Wildman–Crippen MR) is 110 cm³/mol. The number of nitrogens with zero attached hydrogens (tertiary/aromatic N) is 1. The van der Waals surface area contributed by atoms with Gasteiger partial charge in [0.2, 0.25) is 17.7 Å². The Morgan fingerprint density at radius 2 is 1.70 bits per heavy atom. The highest BCUT2D eigenvalue weighted by molar-refractivity contribution is 6.74. The smallest absolute Gasteiger partial charge is 0.234 e. The van der Waals surface area contributed by atoms with Gasteiger partial charge in [0.1, 0.15) is 0 Å². The Hall–Kier alpha value is -1.21. The van der Waals surface area contributed by atoms with E-state index in [0.29, 0.717) is 0 Å². The summed E-state index contributed by atoms with van der Waals surface area (Å²) in [6.45, 7) is 19.9. The lowest BCUT2D eigenvalue weighted by molar-refractivity contribution is -0.153. The minimum absolute atomic E-state index is 0.0421. The molecule has 0 aliphatic carbocycles. The van der Waals surface area contributed by atoms with Crippen LogP contribution in [-0.4, -0.2) is 49.1 Å². The Morgan fingerprint density at radius 3 is 2.07 bits per heavy atom. The number of rotatable bonds is 7. The fraction of sp³-hybridized carbons (Fsp3) is 0.850. The first-order valence-electron chi connectivity index (χ1n) is 9.99. The van der Waals surface area contributed by atoms with Gasteiger partial charge in [-0.25, -0.2) is 0 Å². The largest absolute Gasteiger partial charge is 0.413 e. The topological polar surface area (TPSA) is 75.7 Å². The second kappa shape index (κ2) is 8.43. The van der Waals surface area contributed by atoms with Crippen LogP contribution in [0.1, 0.15) is 61.8 Å². The zero-order valence-electron chi connectivity index (χ0n) is 18.7. The molecule has 6 nitrogen and oxygen atoms in total. The summed E-state index contributed by atoms with van der Waals surface area (Å²) in [5.74, 6) is -1.34. The molecular formula is C20H38N2O4Si. The number of β-lactam (4-membered cyclic amide) rings is 1. The highest BCUT2D eigenvalue weighted by Gasteiger charge is 2.51. The van der Waals surface area contributed by atoms with Gasteiger partial charge < -0.3 is 9.74 Å². The summed E-state index contributed by atoms with van der Waals surface area (Å²) in [6, 6.07) is -0.516. The molecule has 0 bridgehead atoms. The van der Waals surface area contributed by atoms with Gasteiger partial charge in [-0.15, -0.1) is 0 Å². The fourth-order valence-electron chi connectivity index (χ4n) is 3.28. The molecule has 0 aromatic heterocycles. The minimum atomic E-state index is -2.03. The van der Waals surface area contributed by atoms with E-state index in [1.54, 1.807) is 13.8 Å². The summed E-state index contributed by atoms with van der Waals surface area (Å²) < 4.78 is 6.40. The van der Waals surface area contributed by atoms with Gasteiger partial charge in [-0.3, -0.25) is 19.3 Å². The molecule has 0 radical (unpaired) electrons. The summed E-state index contributed by atoms with van der Waals surface area (Å²) in [5, 5.41) is 2.91. The molecule has 1 fully saturated rings. The lowest BCUT2D eigenvalue weighted by Gasteiger charge is -2.47. The highest BCUT2D eigenvalue weighted by Crippen LogP contribution is 2.39. The summed E-state index contributed by atoms with van der Waals surface area (Å²) in [7, 11) is -2.03. The molecule has 0 spiro atoms. The van der Waals surface area contributed by atoms with E-state index >= 15 is 0 Å². The van der Waals surface area contributed by atoms with Crippen molar-refractivity contribution in [1.82, 2.24) is 10.2 Å². The lowest BCUT2D eigenvalue weighted by atomic mass is 9.78. The molecule has 1 N–H and O–H groups in total. The van der Waals surface area contributed by atoms with Crippen molar-refractivity contribution in [1.29, 1.82) is 0 Å². The first-order chi connectivity index (χ1) is 12.2. The Balaban J connectivity index is 2.95. The van der Waals surface area contributed by atoms with Crippen LogP contribution in [0, 0.1) is 11.8 Å². The minimum Gasteiger partial charge on any atom is -0.413 e. The standard InChI is InChI=1S/C20H38N2O4Si/c1-11-15(23)22(12(2)3)19(25)13(4)17-16(18(24)21-17)14(5)26-27(9,10)20(6,7)8/h12-14,16-17H,11H2,1-10H3,(H,21,24)/t13-,14-,16-,17-/m1/s1. The maximum atomic E-state index is 13.0. The average Bonchev–Trinajstić information content (AvgIpc) is 2.49. The molecule has 3 amide bonds. The van der Waals surface area contributed by atoms with Gasteiger partial charge in [0, 0.05) is 12.5 Å². The van der Waals surface area contributed by atoms with Crippen molar-refractivity contribution >= 4 is 26.0 Å². The Bertz CT molecular complexity index is 583. The van der Waals surface area contributed by atoms with Gasteiger partial charge in [0.15, 0.2) is 8.32 Å². The maximum absolute atomic E-state index is 13.0. The van der Waals surface area contributed by atoms with Crippen LogP contribution in [0.25, 0.3) is 0 Å². The van der Waals surface area contributed by atoms with E-state index in [0.717, 1.165) is 0 Å². The SMILES string of the molecule is CCC(=O)N(C(=O)[C@H](C)[C@H]1NC(=O)[C@@H]1[C@@H](C)O[Si](C)(C)C(C)(C)C)C(C)C. The maximum Gasteiger partial charge on any atom is 0.234 e. The molecule has 0 aromatic rings. The third-order valence-electron chi connectivity index (χ3n) is 6.04. The normalized spacial score (nSPS) is 22.7. The van der Waals surface area contributed by atoms with Crippen molar-refractivity contribution in [2.75, 3.05) is 0 Å². The zero-order chi connectivity index (χ0) is 21.3. The van der Waals surface area contributed by atoms with Crippen molar-refractivity contribution in [3.8, 4) is 0 Å². The van der Waals surface area contributed by atoms with Gasteiger partial charge in [0.05, 0.1) is 24.0 Å². The Morgan fingerprint density at radius 1 is 1.19 bits per heavy atom. The highest BCUT2D eigenvalue weighted by atomic mass is 28.4. The third-order valence-corrected chi connectivity index (χ3v) is 10.6. The molecule has 7 heteroatoms. The number of carbonyl (C=O) groups is 3. The van der Waals surface area contributed by atoms with E-state index in [4.69, 9.17) is 4.43 Å². The number of hydrogen-bond donors (Lipinski definition) is 1. The van der Waals surface area contributed by atoms with E-state index < -0.39 is 14.2 Å². The average molecular weight is 399 g/mol. The fourth-order valence-corrected chi connectivity index (χ4v) is 4.71. The lowest BCUT2D eigenvalue weighted by Crippen LogP contribution is -2.68. The van der Waals surface area contributed by atoms with Crippen LogP contribution >= 0.6 is 0 Å². The van der Waals surface area contributed by atoms with Crippen molar-refractivity contribution in [3.05, 3.63) is 0 Å². The predicted octanol–water partition coefficient (Wildman–Crippen LogP) is 3.32. The quantitative estimate of drug-likeness (QED) is 0.527. The van der Waals surface area contributed by atoms with Gasteiger partial charge in [0.25, 0.3) is 0 Å². The van der Waals surface area contributed by atoms with Crippen LogP contribution in [0.15, 0.2) is 0 Å². The van der Waals surface area contributed by atoms with Crippen molar-refractivity contribution in [3.63, 3.8) is 0 Å². The van der Waals surface area contributed by atoms with Crippen molar-refractivity contribution in [2.45, 2.75) is 98.1 Å². The Labute approximate surface area is 165 Å². The van der Waals surface area contributed by atoms with E-state index in [1.807, 2.05) is 20.8 Å². The number of hydrogen-bond acceptors (Lipinski definition) is 4. The first kappa shape index (κ1) is 23.8. The number of imide groups is 1. The number of amides is 3. The van der Waals surface area contributed by atoms with Crippen LogP contribution < -0.4 is 5.32 Å². The van der Waals surface area contributed by atoms with Crippen LogP contribution in [0.2, 0.25) is 18.1 Å². The molecule has 0 unspecified atom stereocenters. The van der Waals surface area contributed by atoms with E-state index in [9.17, 15) is 14.4 Å². The summed E-state index contributed by atoms with van der Waals surface area (Å²) in [6.07, 6.45) is 0.0105. The monoisotopic (exact) mass is 398 g/mol. The van der Waals surface area contributed by atoms with E-state index in [1.165, 1.54) is 4.90 Å². The second-order valence-electron chi connectivity index (χ2n) is 9.48. The molecule has 27 heavy (non-hydrogen) atoms. The molecule has 156 valence electrons. The van der Waals surface area contributed by atoms with Crippen LogP contribution in [0.3, 0.4) is 0 Å². The molecule has 1 rings (SSSR count). The van der Waals surface area contributed by atoms with Gasteiger partial charge in [-0.05, 0) is 38.9 Å². The Kier molecular flexibility index (Phi) is 7.44. The van der Waals surface area contributed by atoms with E-state index in [-0.39, 0.29) is 53.3 Å². The number of nitrogens with one attached hydrogen (secondary N) is 1. The molecule has 1 aliphatic rings. The van der Waals surface area contributed by atoms with Crippen LogP contribution in [-0.2, 0) is 18.8 Å². The van der Waals surface area contributed by atoms with Gasteiger partial charge in [-0.2, -0.15) is 0 Å². The molecular weight excluding hydrogens is 360 g/mol. The van der Waals surface area contributed by atoms with Crippen molar-refractivity contribution < 1.29 is 18.8 Å². The van der Waals surface area contributed by atoms with Gasteiger partial charge in [-0.1, -0.05) is 34.6 Å². The summed E-state index contributed by atoms with van der Waals surface area (Å²) in [5.41, 5.74) is 0. The molecule has 0 aromatic carbocycles. The number of carbonyl (C=O) groups excluding carboxylic acids is 3. The van der Waals surface area contributed by atoms with E-state index in [2.05, 4.69) is 39.2 Å². The third kappa shape index (κ3) is 4.99. The first-order valence-corrected chi connectivity index (χ1v) is 12.9. The molecule has 1 aliphatic heterocycles. The summed E-state index contributed by atoms with van der Waals surface area (Å²) >= 11 is 0. The van der Waals surface area contributed by atoms with Crippen molar-refractivity contribution in [2.24, 2.45) is 11.8 Å². The molecule has 4 atom stereocenters. The van der Waals surface area contributed by atoms with Gasteiger partial charge >= 0.3 is 0 Å².